The number of hydrogen-bond acceptors (Lipinski definition) is 2. The summed E-state index contributed by atoms with van der Waals surface area (Å²) < 4.78 is 31.3. The summed E-state index contributed by atoms with van der Waals surface area (Å²) in [5, 5.41) is 3.57. The summed E-state index contributed by atoms with van der Waals surface area (Å²) in [7, 11) is 0. The molecule has 0 aliphatic rings. The summed E-state index contributed by atoms with van der Waals surface area (Å²) >= 11 is 0. The first kappa shape index (κ1) is 10.1. The maximum atomic E-state index is 13.2. The number of benzene rings is 1. The molecule has 2 nitrogen and oxygen atoms in total. The van der Waals surface area contributed by atoms with Gasteiger partial charge in [-0.15, -0.1) is 0 Å². The number of fused-ring (bicyclic) bond motifs is 1. The monoisotopic (exact) mass is 211 g/mol. The molecule has 0 radical (unpaired) electrons. The third kappa shape index (κ3) is 1.85. The average Bonchev–Trinajstić information content (AvgIpc) is 2.58. The number of furan rings is 1. The summed E-state index contributed by atoms with van der Waals surface area (Å²) in [5.41, 5.74) is 0.884. The second kappa shape index (κ2) is 3.98. The van der Waals surface area contributed by atoms with E-state index in [1.807, 2.05) is 6.92 Å². The minimum absolute atomic E-state index is 0.115. The molecule has 0 fully saturated rings. The normalized spacial score (nSPS) is 11.1. The van der Waals surface area contributed by atoms with Crippen molar-refractivity contribution >= 4 is 11.0 Å². The van der Waals surface area contributed by atoms with Gasteiger partial charge in [0.1, 0.15) is 5.82 Å². The van der Waals surface area contributed by atoms with Gasteiger partial charge < -0.3 is 9.73 Å². The standard InChI is InChI=1S/C11H11F2NO/c1-2-14-5-7-6-15-11-9(7)3-8(12)4-10(11)13/h3-4,6,14H,2,5H2,1H3. The Kier molecular flexibility index (Phi) is 2.68. The van der Waals surface area contributed by atoms with E-state index >= 15 is 0 Å². The van der Waals surface area contributed by atoms with Crippen LogP contribution in [0.5, 0.6) is 0 Å². The lowest BCUT2D eigenvalue weighted by Gasteiger charge is -1.98. The van der Waals surface area contributed by atoms with Gasteiger partial charge in [0.25, 0.3) is 0 Å². The molecule has 80 valence electrons. The van der Waals surface area contributed by atoms with E-state index in [2.05, 4.69) is 5.32 Å². The van der Waals surface area contributed by atoms with E-state index in [1.54, 1.807) is 0 Å². The molecule has 0 spiro atoms. The SMILES string of the molecule is CCNCc1coc2c(F)cc(F)cc12. The summed E-state index contributed by atoms with van der Waals surface area (Å²) in [4.78, 5) is 0. The van der Waals surface area contributed by atoms with Gasteiger partial charge in [0.05, 0.1) is 6.26 Å². The molecule has 0 bridgehead atoms. The van der Waals surface area contributed by atoms with Crippen molar-refractivity contribution in [3.8, 4) is 0 Å². The molecule has 2 aromatic rings. The van der Waals surface area contributed by atoms with Crippen LogP contribution in [0.2, 0.25) is 0 Å². The summed E-state index contributed by atoms with van der Waals surface area (Å²) in [5.74, 6) is -1.24. The average molecular weight is 211 g/mol. The van der Waals surface area contributed by atoms with E-state index in [-0.39, 0.29) is 5.58 Å². The van der Waals surface area contributed by atoms with E-state index in [0.29, 0.717) is 11.9 Å². The molecule has 0 unspecified atom stereocenters. The Balaban J connectivity index is 2.49. The van der Waals surface area contributed by atoms with Gasteiger partial charge in [-0.1, -0.05) is 6.92 Å². The lowest BCUT2D eigenvalue weighted by Crippen LogP contribution is -2.11. The largest absolute Gasteiger partial charge is 0.461 e. The Morgan fingerprint density at radius 2 is 2.13 bits per heavy atom. The fraction of sp³-hybridized carbons (Fsp3) is 0.273. The molecule has 4 heteroatoms. The van der Waals surface area contributed by atoms with E-state index in [9.17, 15) is 8.78 Å². The first-order valence-corrected chi connectivity index (χ1v) is 4.78. The molecule has 1 N–H and O–H groups in total. The van der Waals surface area contributed by atoms with Crippen LogP contribution < -0.4 is 5.32 Å². The van der Waals surface area contributed by atoms with Crippen LogP contribution in [0.15, 0.2) is 22.8 Å². The molecule has 0 saturated heterocycles. The van der Waals surface area contributed by atoms with Gasteiger partial charge in [-0.25, -0.2) is 8.78 Å². The highest BCUT2D eigenvalue weighted by molar-refractivity contribution is 5.81. The molecule has 2 rings (SSSR count). The maximum Gasteiger partial charge on any atom is 0.170 e. The third-order valence-electron chi connectivity index (χ3n) is 2.24. The maximum absolute atomic E-state index is 13.2. The van der Waals surface area contributed by atoms with Crippen molar-refractivity contribution in [1.82, 2.24) is 5.32 Å². The van der Waals surface area contributed by atoms with Crippen LogP contribution in [0.25, 0.3) is 11.0 Å². The quantitative estimate of drug-likeness (QED) is 0.844. The highest BCUT2D eigenvalue weighted by Gasteiger charge is 2.11. The highest BCUT2D eigenvalue weighted by atomic mass is 19.1. The second-order valence-electron chi connectivity index (χ2n) is 3.31. The van der Waals surface area contributed by atoms with Gasteiger partial charge in [-0.2, -0.15) is 0 Å². The van der Waals surface area contributed by atoms with Gasteiger partial charge in [0.15, 0.2) is 11.4 Å². The molecule has 0 aliphatic carbocycles. The van der Waals surface area contributed by atoms with Crippen molar-refractivity contribution in [1.29, 1.82) is 0 Å². The zero-order valence-electron chi connectivity index (χ0n) is 8.31. The van der Waals surface area contributed by atoms with Crippen molar-refractivity contribution in [2.75, 3.05) is 6.54 Å². The molecule has 0 atom stereocenters. The Morgan fingerprint density at radius 3 is 2.87 bits per heavy atom. The highest BCUT2D eigenvalue weighted by Crippen LogP contribution is 2.24. The molecule has 0 saturated carbocycles. The van der Waals surface area contributed by atoms with Crippen molar-refractivity contribution < 1.29 is 13.2 Å². The van der Waals surface area contributed by atoms with Crippen molar-refractivity contribution in [2.45, 2.75) is 13.5 Å². The van der Waals surface area contributed by atoms with Gasteiger partial charge in [0.2, 0.25) is 0 Å². The number of hydrogen-bond donors (Lipinski definition) is 1. The molecule has 1 aromatic carbocycles. The first-order chi connectivity index (χ1) is 7.22. The van der Waals surface area contributed by atoms with Gasteiger partial charge in [0, 0.05) is 23.6 Å². The molecular formula is C11H11F2NO. The Morgan fingerprint density at radius 1 is 1.33 bits per heavy atom. The van der Waals surface area contributed by atoms with E-state index < -0.39 is 11.6 Å². The predicted molar refractivity (Wildman–Crippen MR) is 53.5 cm³/mol. The Labute approximate surface area is 85.9 Å². The summed E-state index contributed by atoms with van der Waals surface area (Å²) in [6.07, 6.45) is 1.45. The minimum atomic E-state index is -0.659. The Hall–Kier alpha value is -1.42. The smallest absolute Gasteiger partial charge is 0.170 e. The molecule has 0 amide bonds. The molecule has 1 aromatic heterocycles. The zero-order valence-corrected chi connectivity index (χ0v) is 8.31. The van der Waals surface area contributed by atoms with Crippen LogP contribution in [0, 0.1) is 11.6 Å². The lowest BCUT2D eigenvalue weighted by atomic mass is 10.1. The predicted octanol–water partition coefficient (Wildman–Crippen LogP) is 2.82. The van der Waals surface area contributed by atoms with Crippen molar-refractivity contribution in [3.05, 3.63) is 35.6 Å². The molecule has 15 heavy (non-hydrogen) atoms. The van der Waals surface area contributed by atoms with E-state index in [0.717, 1.165) is 18.2 Å². The van der Waals surface area contributed by atoms with Crippen LogP contribution in [0.3, 0.4) is 0 Å². The molecule has 1 heterocycles. The van der Waals surface area contributed by atoms with Crippen molar-refractivity contribution in [2.24, 2.45) is 0 Å². The van der Waals surface area contributed by atoms with Crippen LogP contribution in [-0.4, -0.2) is 6.54 Å². The molecule has 0 aliphatic heterocycles. The third-order valence-corrected chi connectivity index (χ3v) is 2.24. The Bertz CT molecular complexity index is 479. The van der Waals surface area contributed by atoms with E-state index in [4.69, 9.17) is 4.42 Å². The van der Waals surface area contributed by atoms with Crippen molar-refractivity contribution in [3.63, 3.8) is 0 Å². The van der Waals surface area contributed by atoms with Gasteiger partial charge >= 0.3 is 0 Å². The lowest BCUT2D eigenvalue weighted by molar-refractivity contribution is 0.545. The number of rotatable bonds is 3. The topological polar surface area (TPSA) is 25.2 Å². The minimum Gasteiger partial charge on any atom is -0.461 e. The van der Waals surface area contributed by atoms with Crippen LogP contribution in [-0.2, 0) is 6.54 Å². The fourth-order valence-corrected chi connectivity index (χ4v) is 1.51. The van der Waals surface area contributed by atoms with Crippen LogP contribution >= 0.6 is 0 Å². The number of halogens is 2. The van der Waals surface area contributed by atoms with Crippen LogP contribution in [0.1, 0.15) is 12.5 Å². The van der Waals surface area contributed by atoms with Gasteiger partial charge in [-0.3, -0.25) is 0 Å². The van der Waals surface area contributed by atoms with E-state index in [1.165, 1.54) is 12.3 Å². The first-order valence-electron chi connectivity index (χ1n) is 4.78. The summed E-state index contributed by atoms with van der Waals surface area (Å²) in [6.45, 7) is 3.31. The second-order valence-corrected chi connectivity index (χ2v) is 3.31. The molecular weight excluding hydrogens is 200 g/mol. The van der Waals surface area contributed by atoms with Gasteiger partial charge in [-0.05, 0) is 12.6 Å². The number of nitrogens with one attached hydrogen (secondary N) is 1. The van der Waals surface area contributed by atoms with Crippen LogP contribution in [0.4, 0.5) is 8.78 Å². The summed E-state index contributed by atoms with van der Waals surface area (Å²) in [6, 6.07) is 2.11. The fourth-order valence-electron chi connectivity index (χ4n) is 1.51. The zero-order chi connectivity index (χ0) is 10.8.